The minimum Gasteiger partial charge on any atom is -0.253 e. The van der Waals surface area contributed by atoms with Crippen LogP contribution in [-0.4, -0.2) is 46.3 Å². The molecule has 0 aliphatic carbocycles. The highest BCUT2D eigenvalue weighted by Crippen LogP contribution is 2.20. The van der Waals surface area contributed by atoms with Crippen molar-refractivity contribution in [1.29, 1.82) is 0 Å². The van der Waals surface area contributed by atoms with E-state index in [4.69, 9.17) is 0 Å². The standard InChI is InChI=1S/C11H20N4O2S/c1-2-6-18(16,17)15-5-3-4-11(8-15)7-14-10-12-9-13-14/h9-11H,2-8H2,1H3/t11-/m1/s1. The Labute approximate surface area is 108 Å². The molecule has 0 N–H and O–H groups in total. The third-order valence-corrected chi connectivity index (χ3v) is 5.29. The van der Waals surface area contributed by atoms with E-state index in [0.29, 0.717) is 25.4 Å². The normalized spacial score (nSPS) is 22.2. The fourth-order valence-electron chi connectivity index (χ4n) is 2.41. The van der Waals surface area contributed by atoms with Crippen LogP contribution in [0.5, 0.6) is 0 Å². The van der Waals surface area contributed by atoms with E-state index >= 15 is 0 Å². The van der Waals surface area contributed by atoms with Crippen molar-refractivity contribution in [2.24, 2.45) is 5.92 Å². The highest BCUT2D eigenvalue weighted by molar-refractivity contribution is 7.89. The lowest BCUT2D eigenvalue weighted by molar-refractivity contribution is 0.239. The molecule has 2 rings (SSSR count). The molecule has 2 heterocycles. The lowest BCUT2D eigenvalue weighted by atomic mass is 10.00. The van der Waals surface area contributed by atoms with Gasteiger partial charge in [0.1, 0.15) is 12.7 Å². The lowest BCUT2D eigenvalue weighted by Crippen LogP contribution is -2.42. The summed E-state index contributed by atoms with van der Waals surface area (Å²) in [5.41, 5.74) is 0. The maximum atomic E-state index is 12.0. The topological polar surface area (TPSA) is 68.1 Å². The molecule has 1 fully saturated rings. The molecule has 1 aliphatic heterocycles. The molecule has 0 amide bonds. The molecule has 7 heteroatoms. The van der Waals surface area contributed by atoms with Crippen molar-refractivity contribution >= 4 is 10.0 Å². The molecule has 6 nitrogen and oxygen atoms in total. The molecule has 0 radical (unpaired) electrons. The number of hydrogen-bond acceptors (Lipinski definition) is 4. The summed E-state index contributed by atoms with van der Waals surface area (Å²) in [5, 5.41) is 4.07. The van der Waals surface area contributed by atoms with E-state index in [1.165, 1.54) is 6.33 Å². The highest BCUT2D eigenvalue weighted by Gasteiger charge is 2.28. The Balaban J connectivity index is 1.96. The molecule has 0 bridgehead atoms. The summed E-state index contributed by atoms with van der Waals surface area (Å²) in [5.74, 6) is 0.593. The van der Waals surface area contributed by atoms with Crippen molar-refractivity contribution in [2.75, 3.05) is 18.8 Å². The number of aromatic nitrogens is 3. The number of hydrogen-bond donors (Lipinski definition) is 0. The zero-order valence-electron chi connectivity index (χ0n) is 10.7. The molecule has 1 atom stereocenters. The van der Waals surface area contributed by atoms with Gasteiger partial charge in [-0.05, 0) is 25.2 Å². The Morgan fingerprint density at radius 1 is 1.44 bits per heavy atom. The van der Waals surface area contributed by atoms with Crippen molar-refractivity contribution in [1.82, 2.24) is 19.1 Å². The summed E-state index contributed by atoms with van der Waals surface area (Å²) in [7, 11) is -3.06. The second kappa shape index (κ2) is 5.79. The largest absolute Gasteiger partial charge is 0.253 e. The van der Waals surface area contributed by atoms with Gasteiger partial charge in [-0.2, -0.15) is 5.10 Å². The first-order valence-electron chi connectivity index (χ1n) is 6.42. The molecule has 1 saturated heterocycles. The first-order valence-corrected chi connectivity index (χ1v) is 8.03. The summed E-state index contributed by atoms with van der Waals surface area (Å²) >= 11 is 0. The average Bonchev–Trinajstić information content (AvgIpc) is 2.82. The molecule has 18 heavy (non-hydrogen) atoms. The second-order valence-electron chi connectivity index (χ2n) is 4.80. The Morgan fingerprint density at radius 2 is 2.28 bits per heavy atom. The zero-order valence-corrected chi connectivity index (χ0v) is 11.5. The van der Waals surface area contributed by atoms with E-state index in [9.17, 15) is 8.42 Å². The third kappa shape index (κ3) is 3.29. The minimum atomic E-state index is -3.06. The van der Waals surface area contributed by atoms with Crippen molar-refractivity contribution in [3.8, 4) is 0 Å². The molecule has 0 saturated carbocycles. The van der Waals surface area contributed by atoms with Crippen molar-refractivity contribution in [3.63, 3.8) is 0 Å². The summed E-state index contributed by atoms with van der Waals surface area (Å²) in [6, 6.07) is 0. The first kappa shape index (κ1) is 13.5. The van der Waals surface area contributed by atoms with Gasteiger partial charge in [0.25, 0.3) is 0 Å². The van der Waals surface area contributed by atoms with Crippen LogP contribution < -0.4 is 0 Å². The number of rotatable bonds is 5. The van der Waals surface area contributed by atoms with Gasteiger partial charge in [-0.25, -0.2) is 17.7 Å². The van der Waals surface area contributed by atoms with Crippen molar-refractivity contribution in [2.45, 2.75) is 32.7 Å². The fourth-order valence-corrected chi connectivity index (χ4v) is 4.03. The monoisotopic (exact) mass is 272 g/mol. The quantitative estimate of drug-likeness (QED) is 0.792. The van der Waals surface area contributed by atoms with Crippen LogP contribution in [0.25, 0.3) is 0 Å². The van der Waals surface area contributed by atoms with E-state index in [1.807, 2.05) is 6.92 Å². The van der Waals surface area contributed by atoms with E-state index in [-0.39, 0.29) is 5.75 Å². The zero-order chi connectivity index (χ0) is 13.0. The van der Waals surface area contributed by atoms with Gasteiger partial charge < -0.3 is 0 Å². The number of piperidine rings is 1. The molecule has 1 aromatic rings. The maximum Gasteiger partial charge on any atom is 0.214 e. The van der Waals surface area contributed by atoms with Gasteiger partial charge in [0.15, 0.2) is 0 Å². The van der Waals surface area contributed by atoms with Crippen LogP contribution in [-0.2, 0) is 16.6 Å². The van der Waals surface area contributed by atoms with Crippen LogP contribution in [0.1, 0.15) is 26.2 Å². The van der Waals surface area contributed by atoms with E-state index in [1.54, 1.807) is 15.3 Å². The van der Waals surface area contributed by atoms with Gasteiger partial charge in [-0.3, -0.25) is 4.68 Å². The molecule has 0 unspecified atom stereocenters. The van der Waals surface area contributed by atoms with Crippen LogP contribution in [0.15, 0.2) is 12.7 Å². The molecular weight excluding hydrogens is 252 g/mol. The van der Waals surface area contributed by atoms with E-state index < -0.39 is 10.0 Å². The molecule has 0 spiro atoms. The number of nitrogens with zero attached hydrogens (tertiary/aromatic N) is 4. The molecule has 0 aromatic carbocycles. The van der Waals surface area contributed by atoms with Crippen LogP contribution >= 0.6 is 0 Å². The van der Waals surface area contributed by atoms with Crippen LogP contribution in [0.4, 0.5) is 0 Å². The summed E-state index contributed by atoms with van der Waals surface area (Å²) in [6.45, 7) is 3.92. The maximum absolute atomic E-state index is 12.0. The third-order valence-electron chi connectivity index (χ3n) is 3.25. The van der Waals surface area contributed by atoms with Gasteiger partial charge >= 0.3 is 0 Å². The van der Waals surface area contributed by atoms with Crippen LogP contribution in [0.2, 0.25) is 0 Å². The Morgan fingerprint density at radius 3 is 2.94 bits per heavy atom. The van der Waals surface area contributed by atoms with Gasteiger partial charge in [0.2, 0.25) is 10.0 Å². The predicted molar refractivity (Wildman–Crippen MR) is 68.4 cm³/mol. The summed E-state index contributed by atoms with van der Waals surface area (Å²) < 4.78 is 27.5. The van der Waals surface area contributed by atoms with E-state index in [0.717, 1.165) is 19.4 Å². The molecule has 1 aromatic heterocycles. The van der Waals surface area contributed by atoms with Gasteiger partial charge in [-0.15, -0.1) is 0 Å². The van der Waals surface area contributed by atoms with Crippen LogP contribution in [0.3, 0.4) is 0 Å². The molecular formula is C11H20N4O2S. The minimum absolute atomic E-state index is 0.253. The van der Waals surface area contributed by atoms with Crippen molar-refractivity contribution in [3.05, 3.63) is 12.7 Å². The predicted octanol–water partition coefficient (Wildman–Crippen LogP) is 0.730. The van der Waals surface area contributed by atoms with Crippen molar-refractivity contribution < 1.29 is 8.42 Å². The summed E-state index contributed by atoms with van der Waals surface area (Å²) in [6.07, 6.45) is 5.85. The Hall–Kier alpha value is -0.950. The molecule has 102 valence electrons. The van der Waals surface area contributed by atoms with E-state index in [2.05, 4.69) is 10.1 Å². The SMILES string of the molecule is CCCS(=O)(=O)N1CCC[C@H](Cn2cncn2)C1. The second-order valence-corrected chi connectivity index (χ2v) is 6.89. The highest BCUT2D eigenvalue weighted by atomic mass is 32.2. The molecule has 1 aliphatic rings. The van der Waals surface area contributed by atoms with Gasteiger partial charge in [0, 0.05) is 19.6 Å². The Bertz CT molecular complexity index is 457. The number of sulfonamides is 1. The smallest absolute Gasteiger partial charge is 0.214 e. The first-order chi connectivity index (χ1) is 8.62. The summed E-state index contributed by atoms with van der Waals surface area (Å²) in [4.78, 5) is 3.90. The fraction of sp³-hybridized carbons (Fsp3) is 0.818. The van der Waals surface area contributed by atoms with Gasteiger partial charge in [0.05, 0.1) is 5.75 Å². The van der Waals surface area contributed by atoms with Crippen LogP contribution in [0, 0.1) is 5.92 Å². The average molecular weight is 272 g/mol. The van der Waals surface area contributed by atoms with Gasteiger partial charge in [-0.1, -0.05) is 6.92 Å². The Kier molecular flexibility index (Phi) is 4.34. The lowest BCUT2D eigenvalue weighted by Gasteiger charge is -2.31.